The third-order valence-electron chi connectivity index (χ3n) is 3.72. The lowest BCUT2D eigenvalue weighted by molar-refractivity contribution is 0.173. The van der Waals surface area contributed by atoms with Crippen LogP contribution in [0.2, 0.25) is 0 Å². The van der Waals surface area contributed by atoms with E-state index in [0.29, 0.717) is 13.0 Å². The predicted octanol–water partition coefficient (Wildman–Crippen LogP) is 2.33. The van der Waals surface area contributed by atoms with E-state index in [1.54, 1.807) is 0 Å². The van der Waals surface area contributed by atoms with Crippen molar-refractivity contribution < 1.29 is 18.3 Å². The molecule has 0 heterocycles. The number of aliphatic hydroxyl groups is 1. The SMILES string of the molecule is CCC(O)c1ccc(OCC2(CS(C)(=O)=O)CC2)cc1. The molecule has 0 aromatic heterocycles. The Kier molecular flexibility index (Phi) is 4.39. The highest BCUT2D eigenvalue weighted by molar-refractivity contribution is 7.90. The maximum atomic E-state index is 11.4. The second-order valence-electron chi connectivity index (χ2n) is 5.85. The van der Waals surface area contributed by atoms with Crippen molar-refractivity contribution in [3.05, 3.63) is 29.8 Å². The highest BCUT2D eigenvalue weighted by Gasteiger charge is 2.46. The molecule has 20 heavy (non-hydrogen) atoms. The molecule has 0 amide bonds. The number of rotatable bonds is 7. The molecule has 5 heteroatoms. The third-order valence-corrected chi connectivity index (χ3v) is 4.86. The molecule has 1 fully saturated rings. The van der Waals surface area contributed by atoms with Crippen molar-refractivity contribution in [3.63, 3.8) is 0 Å². The number of aliphatic hydroxyl groups excluding tert-OH is 1. The molecule has 1 unspecified atom stereocenters. The Labute approximate surface area is 120 Å². The average Bonchev–Trinajstić information content (AvgIpc) is 3.14. The fraction of sp³-hybridized carbons (Fsp3) is 0.600. The molecule has 0 aliphatic heterocycles. The van der Waals surface area contributed by atoms with Gasteiger partial charge in [0.05, 0.1) is 18.5 Å². The molecule has 112 valence electrons. The molecule has 1 aromatic rings. The van der Waals surface area contributed by atoms with Crippen LogP contribution >= 0.6 is 0 Å². The Hall–Kier alpha value is -1.07. The summed E-state index contributed by atoms with van der Waals surface area (Å²) >= 11 is 0. The first kappa shape index (κ1) is 15.3. The molecule has 1 aliphatic carbocycles. The molecule has 0 saturated heterocycles. The second-order valence-corrected chi connectivity index (χ2v) is 7.99. The lowest BCUT2D eigenvalue weighted by Crippen LogP contribution is -2.22. The molecule has 1 saturated carbocycles. The molecule has 1 aliphatic rings. The van der Waals surface area contributed by atoms with Gasteiger partial charge in [0.25, 0.3) is 0 Å². The molecular formula is C15H22O4S. The van der Waals surface area contributed by atoms with Gasteiger partial charge < -0.3 is 9.84 Å². The van der Waals surface area contributed by atoms with Gasteiger partial charge in [-0.3, -0.25) is 0 Å². The van der Waals surface area contributed by atoms with Crippen molar-refractivity contribution in [3.8, 4) is 5.75 Å². The number of ether oxygens (including phenoxy) is 1. The molecule has 2 rings (SSSR count). The second kappa shape index (κ2) is 5.74. The number of sulfone groups is 1. The van der Waals surface area contributed by atoms with Gasteiger partial charge >= 0.3 is 0 Å². The maximum absolute atomic E-state index is 11.4. The Morgan fingerprint density at radius 1 is 1.30 bits per heavy atom. The summed E-state index contributed by atoms with van der Waals surface area (Å²) in [6, 6.07) is 7.34. The minimum atomic E-state index is -2.96. The van der Waals surface area contributed by atoms with Crippen molar-refractivity contribution in [1.82, 2.24) is 0 Å². The van der Waals surface area contributed by atoms with Crippen molar-refractivity contribution in [2.45, 2.75) is 32.3 Å². The van der Waals surface area contributed by atoms with Gasteiger partial charge in [-0.15, -0.1) is 0 Å². The number of benzene rings is 1. The Balaban J connectivity index is 1.91. The van der Waals surface area contributed by atoms with Gasteiger partial charge in [0.2, 0.25) is 0 Å². The van der Waals surface area contributed by atoms with Crippen LogP contribution in [-0.4, -0.2) is 32.1 Å². The molecule has 0 radical (unpaired) electrons. The van der Waals surface area contributed by atoms with Crippen molar-refractivity contribution in [1.29, 1.82) is 0 Å². The van der Waals surface area contributed by atoms with Crippen molar-refractivity contribution >= 4 is 9.84 Å². The van der Waals surface area contributed by atoms with Crippen LogP contribution < -0.4 is 4.74 Å². The summed E-state index contributed by atoms with van der Waals surface area (Å²) in [5.41, 5.74) is 0.687. The van der Waals surface area contributed by atoms with E-state index in [-0.39, 0.29) is 11.2 Å². The monoisotopic (exact) mass is 298 g/mol. The van der Waals surface area contributed by atoms with Crippen LogP contribution in [-0.2, 0) is 9.84 Å². The van der Waals surface area contributed by atoms with Crippen LogP contribution in [0.4, 0.5) is 0 Å². The maximum Gasteiger partial charge on any atom is 0.148 e. The van der Waals surface area contributed by atoms with Crippen LogP contribution in [0.1, 0.15) is 37.9 Å². The van der Waals surface area contributed by atoms with E-state index in [2.05, 4.69) is 0 Å². The smallest absolute Gasteiger partial charge is 0.148 e. The Bertz CT molecular complexity index is 544. The van der Waals surface area contributed by atoms with Crippen molar-refractivity contribution in [2.24, 2.45) is 5.41 Å². The van der Waals surface area contributed by atoms with E-state index < -0.39 is 15.9 Å². The first-order valence-electron chi connectivity index (χ1n) is 6.92. The lowest BCUT2D eigenvalue weighted by Gasteiger charge is -2.16. The highest BCUT2D eigenvalue weighted by Crippen LogP contribution is 2.46. The van der Waals surface area contributed by atoms with Gasteiger partial charge in [0, 0.05) is 11.7 Å². The van der Waals surface area contributed by atoms with Crippen LogP contribution in [0.5, 0.6) is 5.75 Å². The van der Waals surface area contributed by atoms with E-state index in [0.717, 1.165) is 24.2 Å². The zero-order valence-corrected chi connectivity index (χ0v) is 12.8. The van der Waals surface area contributed by atoms with Crippen LogP contribution in [0.25, 0.3) is 0 Å². The van der Waals surface area contributed by atoms with E-state index >= 15 is 0 Å². The van der Waals surface area contributed by atoms with E-state index in [9.17, 15) is 13.5 Å². The van der Waals surface area contributed by atoms with E-state index in [4.69, 9.17) is 4.74 Å². The van der Waals surface area contributed by atoms with Gasteiger partial charge in [0.15, 0.2) is 0 Å². The summed E-state index contributed by atoms with van der Waals surface area (Å²) in [5.74, 6) is 0.920. The van der Waals surface area contributed by atoms with Gasteiger partial charge in [0.1, 0.15) is 15.6 Å². The zero-order chi connectivity index (χ0) is 14.8. The van der Waals surface area contributed by atoms with Gasteiger partial charge in [-0.1, -0.05) is 19.1 Å². The highest BCUT2D eigenvalue weighted by atomic mass is 32.2. The summed E-state index contributed by atoms with van der Waals surface area (Å²) in [6.45, 7) is 2.37. The largest absolute Gasteiger partial charge is 0.493 e. The standard InChI is InChI=1S/C15H22O4S/c1-3-14(16)12-4-6-13(7-5-12)19-10-15(8-9-15)11-20(2,17)18/h4-7,14,16H,3,8-11H2,1-2H3. The third kappa shape index (κ3) is 4.21. The molecular weight excluding hydrogens is 276 g/mol. The average molecular weight is 298 g/mol. The van der Waals surface area contributed by atoms with Gasteiger partial charge in [-0.25, -0.2) is 8.42 Å². The summed E-state index contributed by atoms with van der Waals surface area (Å²) in [6.07, 6.45) is 3.33. The summed E-state index contributed by atoms with van der Waals surface area (Å²) in [5, 5.41) is 9.71. The van der Waals surface area contributed by atoms with Gasteiger partial charge in [-0.2, -0.15) is 0 Å². The fourth-order valence-electron chi connectivity index (χ4n) is 2.32. The first-order valence-corrected chi connectivity index (χ1v) is 8.98. The Morgan fingerprint density at radius 2 is 1.90 bits per heavy atom. The topological polar surface area (TPSA) is 63.6 Å². The normalized spacial score (nSPS) is 18.6. The summed E-state index contributed by atoms with van der Waals surface area (Å²) in [7, 11) is -2.96. The van der Waals surface area contributed by atoms with E-state index in [1.807, 2.05) is 31.2 Å². The predicted molar refractivity (Wildman–Crippen MR) is 78.6 cm³/mol. The van der Waals surface area contributed by atoms with Crippen molar-refractivity contribution in [2.75, 3.05) is 18.6 Å². The Morgan fingerprint density at radius 3 is 2.35 bits per heavy atom. The van der Waals surface area contributed by atoms with E-state index in [1.165, 1.54) is 6.26 Å². The van der Waals surface area contributed by atoms with Gasteiger partial charge in [-0.05, 0) is 37.0 Å². The number of hydrogen-bond donors (Lipinski definition) is 1. The minimum Gasteiger partial charge on any atom is -0.493 e. The molecule has 0 bridgehead atoms. The molecule has 1 atom stereocenters. The first-order chi connectivity index (χ1) is 9.34. The molecule has 1 aromatic carbocycles. The number of hydrogen-bond acceptors (Lipinski definition) is 4. The zero-order valence-electron chi connectivity index (χ0n) is 12.0. The van der Waals surface area contributed by atoms with Crippen LogP contribution in [0.3, 0.4) is 0 Å². The molecule has 4 nitrogen and oxygen atoms in total. The summed E-state index contributed by atoms with van der Waals surface area (Å²) < 4.78 is 28.4. The molecule has 1 N–H and O–H groups in total. The minimum absolute atomic E-state index is 0.185. The lowest BCUT2D eigenvalue weighted by atomic mass is 10.1. The molecule has 0 spiro atoms. The fourth-order valence-corrected chi connectivity index (χ4v) is 3.81. The van der Waals surface area contributed by atoms with Crippen LogP contribution in [0.15, 0.2) is 24.3 Å². The summed E-state index contributed by atoms with van der Waals surface area (Å²) in [4.78, 5) is 0. The quantitative estimate of drug-likeness (QED) is 0.839. The van der Waals surface area contributed by atoms with Crippen LogP contribution in [0, 0.1) is 5.41 Å².